The molecule has 0 heterocycles. The maximum atomic E-state index is 4.87. The smallest absolute Gasteiger partial charge is 0.224 e. The highest BCUT2D eigenvalue weighted by atomic mass is 79.9. The molecule has 1 aliphatic rings. The maximum Gasteiger partial charge on any atom is 0.224 e. The zero-order valence-electron chi connectivity index (χ0n) is 16.2. The summed E-state index contributed by atoms with van der Waals surface area (Å²) in [4.78, 5) is 9.55. The quantitative estimate of drug-likeness (QED) is 0.355. The van der Waals surface area contributed by atoms with Crippen LogP contribution in [0.5, 0.6) is 0 Å². The molecular weight excluding hydrogens is 388 g/mol. The molecule has 0 radical (unpaired) electrons. The lowest BCUT2D eigenvalue weighted by atomic mass is 10.1. The summed E-state index contributed by atoms with van der Waals surface area (Å²) in [6.07, 6.45) is 8.46. The van der Waals surface area contributed by atoms with Gasteiger partial charge in [0.15, 0.2) is 0 Å². The zero-order valence-corrected chi connectivity index (χ0v) is 17.8. The Morgan fingerprint density at radius 2 is 1.88 bits per heavy atom. The largest absolute Gasteiger partial charge is 0.344 e. The van der Waals surface area contributed by atoms with Crippen molar-refractivity contribution in [3.8, 4) is 0 Å². The minimum absolute atomic E-state index is 0.355. The summed E-state index contributed by atoms with van der Waals surface area (Å²) < 4.78 is 1.12. The molecule has 2 N–H and O–H groups in total. The van der Waals surface area contributed by atoms with E-state index in [9.17, 15) is 0 Å². The number of rotatable bonds is 4. The average molecular weight is 419 g/mol. The zero-order chi connectivity index (χ0) is 18.9. The van der Waals surface area contributed by atoms with Crippen LogP contribution in [0.2, 0.25) is 0 Å². The Bertz CT molecular complexity index is 671. The molecule has 0 saturated heterocycles. The van der Waals surface area contributed by atoms with Crippen molar-refractivity contribution in [3.63, 3.8) is 0 Å². The van der Waals surface area contributed by atoms with E-state index in [4.69, 9.17) is 4.99 Å². The lowest BCUT2D eigenvalue weighted by Crippen LogP contribution is -2.24. The molecule has 0 bridgehead atoms. The van der Waals surface area contributed by atoms with Crippen LogP contribution < -0.4 is 10.6 Å². The van der Waals surface area contributed by atoms with E-state index in [1.54, 1.807) is 0 Å². The predicted molar refractivity (Wildman–Crippen MR) is 117 cm³/mol. The third-order valence-corrected chi connectivity index (χ3v) is 5.23. The highest BCUT2D eigenvalue weighted by molar-refractivity contribution is 9.10. The fraction of sp³-hybridized carbons (Fsp3) is 0.524. The van der Waals surface area contributed by atoms with Crippen LogP contribution in [0.3, 0.4) is 0 Å². The van der Waals surface area contributed by atoms with Gasteiger partial charge in [0.25, 0.3) is 0 Å². The van der Waals surface area contributed by atoms with Gasteiger partial charge < -0.3 is 10.6 Å². The highest BCUT2D eigenvalue weighted by Gasteiger charge is 2.12. The van der Waals surface area contributed by atoms with Gasteiger partial charge in [-0.1, -0.05) is 61.2 Å². The number of allylic oxidation sites excluding steroid dienone is 1. The second kappa shape index (κ2) is 10.5. The van der Waals surface area contributed by atoms with Gasteiger partial charge in [-0.25, -0.2) is 9.98 Å². The molecule has 0 spiro atoms. The number of nitrogens with one attached hydrogen (secondary N) is 2. The Labute approximate surface area is 166 Å². The summed E-state index contributed by atoms with van der Waals surface area (Å²) in [5, 5.41) is 6.57. The standard InChI is InChI=1S/C21H31BrN4/c1-5-17-12-13-19(14-20(17)22)24-16(4)25-21(23-15(2)3)26-18-10-8-6-7-9-11-18/h12-14,18H,2,5-11H2,1,3-4H3,(H2,23,24,25,26). The molecule has 5 heteroatoms. The first-order chi connectivity index (χ1) is 12.5. The van der Waals surface area contributed by atoms with Crippen molar-refractivity contribution in [1.82, 2.24) is 5.32 Å². The minimum atomic E-state index is 0.355. The van der Waals surface area contributed by atoms with Crippen molar-refractivity contribution in [3.05, 3.63) is 40.5 Å². The number of nitrogens with zero attached hydrogens (tertiary/aromatic N) is 2. The lowest BCUT2D eigenvalue weighted by Gasteiger charge is -2.13. The first kappa shape index (κ1) is 20.7. The normalized spacial score (nSPS) is 16.9. The summed E-state index contributed by atoms with van der Waals surface area (Å²) in [6.45, 7) is 9.99. The van der Waals surface area contributed by atoms with Crippen LogP contribution in [0.15, 0.2) is 44.9 Å². The number of aliphatic imine (C=N–C) groups is 2. The Hall–Kier alpha value is -1.62. The van der Waals surface area contributed by atoms with Crippen LogP contribution in [0.4, 0.5) is 5.69 Å². The maximum absolute atomic E-state index is 4.87. The Kier molecular flexibility index (Phi) is 8.36. The van der Waals surface area contributed by atoms with Gasteiger partial charge in [0, 0.05) is 15.9 Å². The molecular formula is C21H31BrN4. The third kappa shape index (κ3) is 6.94. The number of halogens is 1. The van der Waals surface area contributed by atoms with Crippen molar-refractivity contribution in [2.45, 2.75) is 71.8 Å². The average Bonchev–Trinajstić information content (AvgIpc) is 2.83. The molecule has 0 unspecified atom stereocenters. The molecule has 1 aromatic carbocycles. The second-order valence-corrected chi connectivity index (χ2v) is 7.84. The Morgan fingerprint density at radius 1 is 1.19 bits per heavy atom. The van der Waals surface area contributed by atoms with Gasteiger partial charge in [-0.3, -0.25) is 0 Å². The highest BCUT2D eigenvalue weighted by Crippen LogP contribution is 2.22. The monoisotopic (exact) mass is 418 g/mol. The van der Waals surface area contributed by atoms with E-state index in [1.807, 2.05) is 13.8 Å². The number of benzene rings is 1. The van der Waals surface area contributed by atoms with Crippen molar-refractivity contribution >= 4 is 33.4 Å². The third-order valence-electron chi connectivity index (χ3n) is 4.49. The fourth-order valence-corrected chi connectivity index (χ4v) is 3.81. The topological polar surface area (TPSA) is 48.8 Å². The van der Waals surface area contributed by atoms with Gasteiger partial charge >= 0.3 is 0 Å². The number of hydrogen-bond donors (Lipinski definition) is 2. The van der Waals surface area contributed by atoms with E-state index in [0.29, 0.717) is 12.0 Å². The van der Waals surface area contributed by atoms with Crippen LogP contribution >= 0.6 is 15.9 Å². The van der Waals surface area contributed by atoms with E-state index in [2.05, 4.69) is 63.3 Å². The van der Waals surface area contributed by atoms with Crippen LogP contribution in [-0.4, -0.2) is 17.8 Å². The summed E-state index contributed by atoms with van der Waals surface area (Å²) in [7, 11) is 0. The molecule has 2 rings (SSSR count). The Balaban J connectivity index is 2.13. The number of anilines is 1. The van der Waals surface area contributed by atoms with Crippen LogP contribution in [0.25, 0.3) is 0 Å². The molecule has 1 saturated carbocycles. The number of amidine groups is 1. The number of hydrogen-bond acceptors (Lipinski definition) is 1. The van der Waals surface area contributed by atoms with Crippen molar-refractivity contribution in [2.24, 2.45) is 9.98 Å². The SMILES string of the molecule is C=C(C)NC(=NC1CCCCCC1)/N=C(\C)Nc1ccc(CC)c(Br)c1. The van der Waals surface area contributed by atoms with Gasteiger partial charge in [-0.15, -0.1) is 0 Å². The molecule has 142 valence electrons. The predicted octanol–water partition coefficient (Wildman–Crippen LogP) is 6.04. The van der Waals surface area contributed by atoms with Gasteiger partial charge in [0.1, 0.15) is 5.84 Å². The first-order valence-corrected chi connectivity index (χ1v) is 10.4. The van der Waals surface area contributed by atoms with Crippen molar-refractivity contribution < 1.29 is 0 Å². The van der Waals surface area contributed by atoms with Gasteiger partial charge in [-0.2, -0.15) is 0 Å². The number of aryl methyl sites for hydroxylation is 1. The number of guanidine groups is 1. The molecule has 1 aliphatic carbocycles. The van der Waals surface area contributed by atoms with Crippen LogP contribution in [0.1, 0.15) is 64.9 Å². The van der Waals surface area contributed by atoms with Crippen molar-refractivity contribution in [1.29, 1.82) is 0 Å². The van der Waals surface area contributed by atoms with E-state index < -0.39 is 0 Å². The van der Waals surface area contributed by atoms with Crippen molar-refractivity contribution in [2.75, 3.05) is 5.32 Å². The van der Waals surface area contributed by atoms with Gasteiger partial charge in [0.05, 0.1) is 6.04 Å². The summed E-state index contributed by atoms with van der Waals surface area (Å²) in [5.74, 6) is 1.46. The van der Waals surface area contributed by atoms with Crippen LogP contribution in [0, 0.1) is 0 Å². The minimum Gasteiger partial charge on any atom is -0.344 e. The summed E-state index contributed by atoms with van der Waals surface area (Å²) >= 11 is 3.63. The Morgan fingerprint density at radius 3 is 2.46 bits per heavy atom. The molecule has 0 aliphatic heterocycles. The molecule has 26 heavy (non-hydrogen) atoms. The lowest BCUT2D eigenvalue weighted by molar-refractivity contribution is 0.583. The molecule has 1 fully saturated rings. The molecule has 1 aromatic rings. The van der Waals surface area contributed by atoms with E-state index in [1.165, 1.54) is 31.2 Å². The molecule has 4 nitrogen and oxygen atoms in total. The van der Waals surface area contributed by atoms with E-state index >= 15 is 0 Å². The van der Waals surface area contributed by atoms with E-state index in [-0.39, 0.29) is 0 Å². The van der Waals surface area contributed by atoms with Gasteiger partial charge in [0.2, 0.25) is 5.96 Å². The summed E-state index contributed by atoms with van der Waals surface area (Å²) in [6, 6.07) is 6.66. The molecule has 0 aromatic heterocycles. The summed E-state index contributed by atoms with van der Waals surface area (Å²) in [5.41, 5.74) is 3.16. The van der Waals surface area contributed by atoms with E-state index in [0.717, 1.165) is 41.0 Å². The molecule has 0 amide bonds. The van der Waals surface area contributed by atoms with Gasteiger partial charge in [-0.05, 0) is 50.8 Å². The second-order valence-electron chi connectivity index (χ2n) is 6.99. The van der Waals surface area contributed by atoms with Crippen LogP contribution in [-0.2, 0) is 6.42 Å². The fourth-order valence-electron chi connectivity index (χ4n) is 3.15. The first-order valence-electron chi connectivity index (χ1n) is 9.59. The molecule has 0 atom stereocenters.